The van der Waals surface area contributed by atoms with Crippen molar-refractivity contribution >= 4 is 27.6 Å². The van der Waals surface area contributed by atoms with Gasteiger partial charge in [-0.1, -0.05) is 11.6 Å². The lowest BCUT2D eigenvalue weighted by molar-refractivity contribution is 0.0697. The average molecular weight is 319 g/mol. The Labute approximate surface area is 122 Å². The second-order valence-corrected chi connectivity index (χ2v) is 6.71. The zero-order chi connectivity index (χ0) is 14.8. The molecular weight excluding hydrogens is 304 g/mol. The van der Waals surface area contributed by atoms with Gasteiger partial charge in [-0.3, -0.25) is 0 Å². The Morgan fingerprint density at radius 3 is 2.55 bits per heavy atom. The monoisotopic (exact) mass is 318 g/mol. The summed E-state index contributed by atoms with van der Waals surface area (Å²) >= 11 is 5.79. The highest BCUT2D eigenvalue weighted by Gasteiger charge is 2.23. The molecule has 1 aromatic carbocycles. The number of carboxylic acid groups (broad SMARTS) is 1. The van der Waals surface area contributed by atoms with Crippen LogP contribution < -0.4 is 10.0 Å². The zero-order valence-corrected chi connectivity index (χ0v) is 12.2. The van der Waals surface area contributed by atoms with Crippen LogP contribution in [0.4, 0.5) is 0 Å². The number of hydrogen-bond donors (Lipinski definition) is 3. The quantitative estimate of drug-likeness (QED) is 0.772. The summed E-state index contributed by atoms with van der Waals surface area (Å²) in [6.07, 6.45) is 1.44. The fourth-order valence-corrected chi connectivity index (χ4v) is 3.72. The smallest absolute Gasteiger partial charge is 0.337 e. The van der Waals surface area contributed by atoms with Crippen LogP contribution in [0.25, 0.3) is 0 Å². The van der Waals surface area contributed by atoms with Gasteiger partial charge in [-0.05, 0) is 44.1 Å². The molecule has 6 nitrogen and oxygen atoms in total. The van der Waals surface area contributed by atoms with Crippen molar-refractivity contribution < 1.29 is 18.3 Å². The lowest BCUT2D eigenvalue weighted by Crippen LogP contribution is -2.42. The molecule has 110 valence electrons. The Morgan fingerprint density at radius 2 is 2.00 bits per heavy atom. The molecule has 0 aliphatic carbocycles. The van der Waals surface area contributed by atoms with Crippen LogP contribution in [0.3, 0.4) is 0 Å². The van der Waals surface area contributed by atoms with E-state index in [-0.39, 0.29) is 21.5 Å². The maximum atomic E-state index is 12.2. The summed E-state index contributed by atoms with van der Waals surface area (Å²) in [6, 6.07) is 3.49. The highest BCUT2D eigenvalue weighted by atomic mass is 35.5. The Balaban J connectivity index is 2.20. The van der Waals surface area contributed by atoms with E-state index in [1.807, 2.05) is 0 Å². The molecular formula is C12H15ClN2O4S. The second kappa shape index (κ2) is 6.09. The van der Waals surface area contributed by atoms with Crippen LogP contribution in [0.1, 0.15) is 23.2 Å². The topological polar surface area (TPSA) is 95.5 Å². The summed E-state index contributed by atoms with van der Waals surface area (Å²) in [7, 11) is -3.68. The molecule has 1 heterocycles. The number of benzene rings is 1. The molecule has 8 heteroatoms. The minimum absolute atomic E-state index is 0.0222. The highest BCUT2D eigenvalue weighted by Crippen LogP contribution is 2.21. The first-order valence-electron chi connectivity index (χ1n) is 6.16. The number of piperidine rings is 1. The molecule has 0 aromatic heterocycles. The molecule has 1 fully saturated rings. The molecule has 0 atom stereocenters. The molecule has 0 spiro atoms. The summed E-state index contributed by atoms with van der Waals surface area (Å²) in [6.45, 7) is 1.54. The molecule has 1 aliphatic rings. The van der Waals surface area contributed by atoms with Gasteiger partial charge in [0.2, 0.25) is 10.0 Å². The van der Waals surface area contributed by atoms with Crippen LogP contribution >= 0.6 is 11.6 Å². The fourth-order valence-electron chi connectivity index (χ4n) is 2.06. The Hall–Kier alpha value is -1.15. The molecule has 1 saturated heterocycles. The maximum Gasteiger partial charge on any atom is 0.337 e. The summed E-state index contributed by atoms with van der Waals surface area (Å²) in [5.41, 5.74) is -0.118. The van der Waals surface area contributed by atoms with Crippen molar-refractivity contribution in [3.05, 3.63) is 28.8 Å². The molecule has 3 N–H and O–H groups in total. The van der Waals surface area contributed by atoms with Gasteiger partial charge in [0.25, 0.3) is 0 Å². The number of halogens is 1. The van der Waals surface area contributed by atoms with Crippen molar-refractivity contribution in [2.45, 2.75) is 23.8 Å². The summed E-state index contributed by atoms with van der Waals surface area (Å²) in [5.74, 6) is -1.19. The molecule has 1 aromatic rings. The molecule has 0 amide bonds. The predicted octanol–water partition coefficient (Wildman–Crippen LogP) is 1.07. The number of aromatic carboxylic acids is 1. The molecule has 0 saturated carbocycles. The number of sulfonamides is 1. The first-order valence-corrected chi connectivity index (χ1v) is 8.02. The first-order chi connectivity index (χ1) is 9.40. The average Bonchev–Trinajstić information content (AvgIpc) is 2.38. The van der Waals surface area contributed by atoms with Crippen molar-refractivity contribution in [2.75, 3.05) is 13.1 Å². The third-order valence-electron chi connectivity index (χ3n) is 3.14. The summed E-state index contributed by atoms with van der Waals surface area (Å²) in [5, 5.41) is 11.9. The van der Waals surface area contributed by atoms with E-state index < -0.39 is 16.0 Å². The van der Waals surface area contributed by atoms with Gasteiger partial charge >= 0.3 is 5.97 Å². The molecule has 0 radical (unpaired) electrons. The minimum Gasteiger partial charge on any atom is -0.478 e. The van der Waals surface area contributed by atoms with Gasteiger partial charge in [0.05, 0.1) is 15.5 Å². The van der Waals surface area contributed by atoms with E-state index in [9.17, 15) is 13.2 Å². The van der Waals surface area contributed by atoms with Gasteiger partial charge < -0.3 is 10.4 Å². The van der Waals surface area contributed by atoms with Crippen LogP contribution in [0, 0.1) is 0 Å². The van der Waals surface area contributed by atoms with Crippen molar-refractivity contribution in [2.24, 2.45) is 0 Å². The predicted molar refractivity (Wildman–Crippen MR) is 74.6 cm³/mol. The van der Waals surface area contributed by atoms with Crippen LogP contribution in [-0.2, 0) is 10.0 Å². The molecule has 20 heavy (non-hydrogen) atoms. The number of carbonyl (C=O) groups is 1. The second-order valence-electron chi connectivity index (χ2n) is 4.59. The Morgan fingerprint density at radius 1 is 1.35 bits per heavy atom. The van der Waals surface area contributed by atoms with Crippen LogP contribution in [0.5, 0.6) is 0 Å². The molecule has 2 rings (SSSR count). The van der Waals surface area contributed by atoms with E-state index in [0.717, 1.165) is 32.0 Å². The maximum absolute atomic E-state index is 12.2. The summed E-state index contributed by atoms with van der Waals surface area (Å²) in [4.78, 5) is 10.8. The number of nitrogens with one attached hydrogen (secondary N) is 2. The first kappa shape index (κ1) is 15.2. The molecule has 0 bridgehead atoms. The van der Waals surface area contributed by atoms with Crippen molar-refractivity contribution in [3.63, 3.8) is 0 Å². The van der Waals surface area contributed by atoms with Gasteiger partial charge in [0, 0.05) is 6.04 Å². The van der Waals surface area contributed by atoms with Crippen molar-refractivity contribution in [3.8, 4) is 0 Å². The van der Waals surface area contributed by atoms with Gasteiger partial charge in [0.1, 0.15) is 0 Å². The number of carboxylic acids is 1. The van der Waals surface area contributed by atoms with E-state index >= 15 is 0 Å². The van der Waals surface area contributed by atoms with E-state index in [0.29, 0.717) is 0 Å². The lowest BCUT2D eigenvalue weighted by atomic mass is 10.1. The SMILES string of the molecule is O=C(O)c1ccc(S(=O)(=O)NC2CCNCC2)cc1Cl. The van der Waals surface area contributed by atoms with E-state index in [2.05, 4.69) is 10.0 Å². The summed E-state index contributed by atoms with van der Waals surface area (Å²) < 4.78 is 27.0. The highest BCUT2D eigenvalue weighted by molar-refractivity contribution is 7.89. The molecule has 0 unspecified atom stereocenters. The van der Waals surface area contributed by atoms with Gasteiger partial charge in [-0.25, -0.2) is 17.9 Å². The van der Waals surface area contributed by atoms with E-state index in [4.69, 9.17) is 16.7 Å². The lowest BCUT2D eigenvalue weighted by Gasteiger charge is -2.23. The van der Waals surface area contributed by atoms with Crippen LogP contribution in [0.15, 0.2) is 23.1 Å². The third-order valence-corrected chi connectivity index (χ3v) is 4.97. The Bertz CT molecular complexity index is 612. The van der Waals surface area contributed by atoms with Crippen LogP contribution in [-0.4, -0.2) is 38.6 Å². The Kier molecular flexibility index (Phi) is 4.64. The minimum atomic E-state index is -3.68. The van der Waals surface area contributed by atoms with E-state index in [1.54, 1.807) is 0 Å². The van der Waals surface area contributed by atoms with E-state index in [1.165, 1.54) is 12.1 Å². The normalized spacial score (nSPS) is 17.1. The van der Waals surface area contributed by atoms with Gasteiger partial charge in [0.15, 0.2) is 0 Å². The number of rotatable bonds is 4. The van der Waals surface area contributed by atoms with Crippen molar-refractivity contribution in [1.82, 2.24) is 10.0 Å². The van der Waals surface area contributed by atoms with Crippen molar-refractivity contribution in [1.29, 1.82) is 0 Å². The van der Waals surface area contributed by atoms with Crippen LogP contribution in [0.2, 0.25) is 5.02 Å². The zero-order valence-electron chi connectivity index (χ0n) is 10.6. The largest absolute Gasteiger partial charge is 0.478 e. The van der Waals surface area contributed by atoms with Gasteiger partial charge in [-0.2, -0.15) is 0 Å². The third kappa shape index (κ3) is 3.49. The molecule has 1 aliphatic heterocycles. The number of hydrogen-bond acceptors (Lipinski definition) is 4. The standard InChI is InChI=1S/C12H15ClN2O4S/c13-11-7-9(1-2-10(11)12(16)17)20(18,19)15-8-3-5-14-6-4-8/h1-2,7-8,14-15H,3-6H2,(H,16,17). The van der Waals surface area contributed by atoms with Gasteiger partial charge in [-0.15, -0.1) is 0 Å². The fraction of sp³-hybridized carbons (Fsp3) is 0.417.